The molecule has 18 heavy (non-hydrogen) atoms. The molecular formula is C15H30N2O. The predicted octanol–water partition coefficient (Wildman–Crippen LogP) is 2.93. The van der Waals surface area contributed by atoms with Gasteiger partial charge in [-0.25, -0.2) is 0 Å². The Balaban J connectivity index is 2.55. The first-order valence-electron chi connectivity index (χ1n) is 7.75. The van der Waals surface area contributed by atoms with Crippen molar-refractivity contribution < 1.29 is 4.79 Å². The van der Waals surface area contributed by atoms with Crippen molar-refractivity contribution in [1.29, 1.82) is 0 Å². The van der Waals surface area contributed by atoms with E-state index in [0.29, 0.717) is 5.91 Å². The minimum absolute atomic E-state index is 0.0902. The van der Waals surface area contributed by atoms with E-state index in [4.69, 9.17) is 5.73 Å². The van der Waals surface area contributed by atoms with Gasteiger partial charge in [0.15, 0.2) is 0 Å². The van der Waals surface area contributed by atoms with E-state index in [0.717, 1.165) is 51.6 Å². The van der Waals surface area contributed by atoms with Crippen molar-refractivity contribution in [2.45, 2.75) is 71.3 Å². The van der Waals surface area contributed by atoms with Crippen molar-refractivity contribution in [2.75, 3.05) is 13.1 Å². The summed E-state index contributed by atoms with van der Waals surface area (Å²) < 4.78 is 0. The number of hydrogen-bond acceptors (Lipinski definition) is 2. The predicted molar refractivity (Wildman–Crippen MR) is 76.3 cm³/mol. The lowest BCUT2D eigenvalue weighted by atomic mass is 9.84. The molecule has 3 heteroatoms. The van der Waals surface area contributed by atoms with Crippen molar-refractivity contribution >= 4 is 5.91 Å². The number of hydrogen-bond donors (Lipinski definition) is 1. The zero-order valence-electron chi connectivity index (χ0n) is 12.2. The maximum Gasteiger partial charge on any atom is 0.227 e. The summed E-state index contributed by atoms with van der Waals surface area (Å²) in [6.07, 6.45) is 8.88. The van der Waals surface area contributed by atoms with Gasteiger partial charge in [0.2, 0.25) is 5.91 Å². The highest BCUT2D eigenvalue weighted by molar-refractivity contribution is 5.79. The Labute approximate surface area is 112 Å². The SMILES string of the molecule is CCCCN(CCCC)C(=O)C1CCCCC1N. The lowest BCUT2D eigenvalue weighted by Crippen LogP contribution is -2.46. The van der Waals surface area contributed by atoms with E-state index >= 15 is 0 Å². The fourth-order valence-corrected chi connectivity index (χ4v) is 2.73. The normalized spacial score (nSPS) is 23.9. The van der Waals surface area contributed by atoms with Crippen molar-refractivity contribution in [3.8, 4) is 0 Å². The molecule has 1 saturated carbocycles. The van der Waals surface area contributed by atoms with E-state index in [1.165, 1.54) is 12.8 Å². The van der Waals surface area contributed by atoms with Crippen molar-refractivity contribution in [1.82, 2.24) is 4.90 Å². The molecule has 1 fully saturated rings. The van der Waals surface area contributed by atoms with Crippen LogP contribution in [0.1, 0.15) is 65.2 Å². The molecule has 0 saturated heterocycles. The summed E-state index contributed by atoms with van der Waals surface area (Å²) in [5.41, 5.74) is 6.13. The topological polar surface area (TPSA) is 46.3 Å². The van der Waals surface area contributed by atoms with Crippen molar-refractivity contribution in [2.24, 2.45) is 11.7 Å². The van der Waals surface area contributed by atoms with Gasteiger partial charge in [-0.1, -0.05) is 39.5 Å². The van der Waals surface area contributed by atoms with Gasteiger partial charge >= 0.3 is 0 Å². The average Bonchev–Trinajstić information content (AvgIpc) is 2.39. The molecule has 0 heterocycles. The molecule has 0 radical (unpaired) electrons. The summed E-state index contributed by atoms with van der Waals surface area (Å²) >= 11 is 0. The molecule has 2 N–H and O–H groups in total. The summed E-state index contributed by atoms with van der Waals surface area (Å²) in [5.74, 6) is 0.413. The third-order valence-electron chi connectivity index (χ3n) is 4.01. The van der Waals surface area contributed by atoms with Crippen LogP contribution in [0.4, 0.5) is 0 Å². The largest absolute Gasteiger partial charge is 0.342 e. The smallest absolute Gasteiger partial charge is 0.227 e. The molecule has 0 aromatic rings. The molecule has 0 bridgehead atoms. The molecule has 2 unspecified atom stereocenters. The Morgan fingerprint density at radius 1 is 1.11 bits per heavy atom. The highest BCUT2D eigenvalue weighted by Crippen LogP contribution is 2.25. The van der Waals surface area contributed by atoms with E-state index in [-0.39, 0.29) is 12.0 Å². The first-order chi connectivity index (χ1) is 8.70. The minimum atomic E-state index is 0.0902. The molecule has 1 aliphatic rings. The molecule has 1 amide bonds. The lowest BCUT2D eigenvalue weighted by Gasteiger charge is -2.33. The summed E-state index contributed by atoms with van der Waals surface area (Å²) in [7, 11) is 0. The standard InChI is InChI=1S/C15H30N2O/c1-3-5-11-17(12-6-4-2)15(18)13-9-7-8-10-14(13)16/h13-14H,3-12,16H2,1-2H3. The summed E-state index contributed by atoms with van der Waals surface area (Å²) in [4.78, 5) is 14.6. The van der Waals surface area contributed by atoms with Crippen molar-refractivity contribution in [3.05, 3.63) is 0 Å². The molecule has 2 atom stereocenters. The minimum Gasteiger partial charge on any atom is -0.342 e. The Morgan fingerprint density at radius 2 is 1.67 bits per heavy atom. The Morgan fingerprint density at radius 3 is 2.17 bits per heavy atom. The molecule has 0 aromatic carbocycles. The summed E-state index contributed by atoms with van der Waals surface area (Å²) in [6, 6.07) is 0.0944. The number of carbonyl (C=O) groups excluding carboxylic acids is 1. The van der Waals surface area contributed by atoms with E-state index in [9.17, 15) is 4.79 Å². The van der Waals surface area contributed by atoms with Gasteiger partial charge in [0.25, 0.3) is 0 Å². The van der Waals surface area contributed by atoms with Crippen LogP contribution in [-0.2, 0) is 4.79 Å². The number of rotatable bonds is 7. The second-order valence-electron chi connectivity index (χ2n) is 5.59. The monoisotopic (exact) mass is 254 g/mol. The lowest BCUT2D eigenvalue weighted by molar-refractivity contribution is -0.137. The Bertz CT molecular complexity index is 235. The molecule has 1 aliphatic carbocycles. The van der Waals surface area contributed by atoms with Crippen LogP contribution >= 0.6 is 0 Å². The zero-order chi connectivity index (χ0) is 13.4. The van der Waals surface area contributed by atoms with Gasteiger partial charge in [-0.3, -0.25) is 4.79 Å². The molecule has 106 valence electrons. The van der Waals surface area contributed by atoms with Gasteiger partial charge in [0.1, 0.15) is 0 Å². The van der Waals surface area contributed by atoms with E-state index in [1.807, 2.05) is 0 Å². The van der Waals surface area contributed by atoms with Crippen LogP contribution in [0.25, 0.3) is 0 Å². The highest BCUT2D eigenvalue weighted by Gasteiger charge is 2.31. The second-order valence-corrected chi connectivity index (χ2v) is 5.59. The second kappa shape index (κ2) is 8.52. The number of amides is 1. The van der Waals surface area contributed by atoms with Gasteiger partial charge in [0, 0.05) is 19.1 Å². The molecule has 0 spiro atoms. The molecule has 3 nitrogen and oxygen atoms in total. The number of carbonyl (C=O) groups is 1. The van der Waals surface area contributed by atoms with E-state index in [2.05, 4.69) is 18.7 Å². The summed E-state index contributed by atoms with van der Waals surface area (Å²) in [6.45, 7) is 6.18. The van der Waals surface area contributed by atoms with Gasteiger partial charge in [-0.2, -0.15) is 0 Å². The molecule has 0 aromatic heterocycles. The first-order valence-corrected chi connectivity index (χ1v) is 7.75. The third-order valence-corrected chi connectivity index (χ3v) is 4.01. The number of unbranched alkanes of at least 4 members (excludes halogenated alkanes) is 2. The van der Waals surface area contributed by atoms with Gasteiger partial charge < -0.3 is 10.6 Å². The molecule has 0 aliphatic heterocycles. The fourth-order valence-electron chi connectivity index (χ4n) is 2.73. The zero-order valence-corrected chi connectivity index (χ0v) is 12.2. The quantitative estimate of drug-likeness (QED) is 0.759. The van der Waals surface area contributed by atoms with Gasteiger partial charge in [-0.15, -0.1) is 0 Å². The summed E-state index contributed by atoms with van der Waals surface area (Å²) in [5, 5.41) is 0. The van der Waals surface area contributed by atoms with E-state index in [1.54, 1.807) is 0 Å². The van der Waals surface area contributed by atoms with Crippen LogP contribution in [0, 0.1) is 5.92 Å². The highest BCUT2D eigenvalue weighted by atomic mass is 16.2. The van der Waals surface area contributed by atoms with E-state index < -0.39 is 0 Å². The van der Waals surface area contributed by atoms with Crippen LogP contribution in [0.5, 0.6) is 0 Å². The maximum absolute atomic E-state index is 12.6. The average molecular weight is 254 g/mol. The van der Waals surface area contributed by atoms with Gasteiger partial charge in [-0.05, 0) is 25.7 Å². The number of nitrogens with two attached hydrogens (primary N) is 1. The first kappa shape index (κ1) is 15.5. The van der Waals surface area contributed by atoms with Gasteiger partial charge in [0.05, 0.1) is 5.92 Å². The van der Waals surface area contributed by atoms with Crippen LogP contribution < -0.4 is 5.73 Å². The Kier molecular flexibility index (Phi) is 7.33. The fraction of sp³-hybridized carbons (Fsp3) is 0.933. The van der Waals surface area contributed by atoms with Crippen LogP contribution in [0.2, 0.25) is 0 Å². The maximum atomic E-state index is 12.6. The van der Waals surface area contributed by atoms with Crippen molar-refractivity contribution in [3.63, 3.8) is 0 Å². The molecule has 1 rings (SSSR count). The molecular weight excluding hydrogens is 224 g/mol. The number of nitrogens with zero attached hydrogens (tertiary/aromatic N) is 1. The van der Waals surface area contributed by atoms with Crippen LogP contribution in [-0.4, -0.2) is 29.9 Å². The Hall–Kier alpha value is -0.570. The van der Waals surface area contributed by atoms with Crippen LogP contribution in [0.15, 0.2) is 0 Å². The third kappa shape index (κ3) is 4.60. The van der Waals surface area contributed by atoms with Crippen LogP contribution in [0.3, 0.4) is 0 Å².